The third-order valence-electron chi connectivity index (χ3n) is 5.46. The number of aromatic nitrogens is 3. The van der Waals surface area contributed by atoms with Crippen molar-refractivity contribution >= 4 is 46.0 Å². The lowest BCUT2D eigenvalue weighted by molar-refractivity contribution is -0.137. The minimum Gasteiger partial charge on any atom is -0.355 e. The van der Waals surface area contributed by atoms with E-state index in [1.54, 1.807) is 6.20 Å². The highest BCUT2D eigenvalue weighted by Crippen LogP contribution is 2.36. The highest BCUT2D eigenvalue weighted by Gasteiger charge is 2.34. The second-order valence-electron chi connectivity index (χ2n) is 8.02. The predicted molar refractivity (Wildman–Crippen MR) is 137 cm³/mol. The standard InChI is InChI=1S/C25H22ClF3N4O2S/c1-2-3-11-33-23(35)22-21(17(13-30-22)15-7-5-4-6-8-15)32-24(33)36-14-20(34)31-19-10-9-16(26)12-18(19)25(27,28)29/h4-10,12-13,30H,2-3,11,14H2,1H3,(H,31,34). The van der Waals surface area contributed by atoms with E-state index in [0.29, 0.717) is 22.7 Å². The number of H-pyrrole nitrogens is 1. The molecule has 188 valence electrons. The molecule has 4 aromatic rings. The van der Waals surface area contributed by atoms with Crippen LogP contribution in [0.3, 0.4) is 0 Å². The fourth-order valence-corrected chi connectivity index (χ4v) is 4.70. The van der Waals surface area contributed by atoms with Crippen LogP contribution in [0.5, 0.6) is 0 Å². The Labute approximate surface area is 213 Å². The average Bonchev–Trinajstić information content (AvgIpc) is 3.27. The molecule has 0 aliphatic carbocycles. The number of thioether (sulfide) groups is 1. The zero-order chi connectivity index (χ0) is 25.9. The van der Waals surface area contributed by atoms with Gasteiger partial charge in [0, 0.05) is 23.3 Å². The summed E-state index contributed by atoms with van der Waals surface area (Å²) >= 11 is 6.71. The van der Waals surface area contributed by atoms with Crippen LogP contribution >= 0.6 is 23.4 Å². The normalized spacial score (nSPS) is 11.7. The van der Waals surface area contributed by atoms with E-state index in [1.807, 2.05) is 37.3 Å². The Kier molecular flexibility index (Phi) is 7.75. The van der Waals surface area contributed by atoms with Crippen LogP contribution in [-0.4, -0.2) is 26.2 Å². The maximum atomic E-state index is 13.4. The average molecular weight is 535 g/mol. The fraction of sp³-hybridized carbons (Fsp3) is 0.240. The number of nitrogens with one attached hydrogen (secondary N) is 2. The van der Waals surface area contributed by atoms with Crippen molar-refractivity contribution in [1.29, 1.82) is 0 Å². The van der Waals surface area contributed by atoms with E-state index in [0.717, 1.165) is 47.9 Å². The number of rotatable bonds is 8. The molecule has 0 saturated carbocycles. The molecule has 36 heavy (non-hydrogen) atoms. The lowest BCUT2D eigenvalue weighted by atomic mass is 10.1. The van der Waals surface area contributed by atoms with Crippen molar-refractivity contribution in [2.45, 2.75) is 37.6 Å². The predicted octanol–water partition coefficient (Wildman–Crippen LogP) is 6.59. The number of hydrogen-bond donors (Lipinski definition) is 2. The molecule has 4 rings (SSSR count). The van der Waals surface area contributed by atoms with Gasteiger partial charge in [0.1, 0.15) is 11.0 Å². The molecule has 0 atom stereocenters. The molecule has 0 spiro atoms. The Morgan fingerprint density at radius 2 is 1.94 bits per heavy atom. The summed E-state index contributed by atoms with van der Waals surface area (Å²) in [4.78, 5) is 33.6. The summed E-state index contributed by atoms with van der Waals surface area (Å²) in [6.45, 7) is 2.39. The zero-order valence-corrected chi connectivity index (χ0v) is 20.7. The van der Waals surface area contributed by atoms with Crippen LogP contribution < -0.4 is 10.9 Å². The number of carbonyl (C=O) groups excluding carboxylic acids is 1. The maximum Gasteiger partial charge on any atom is 0.418 e. The number of unbranched alkanes of at least 4 members (excludes halogenated alkanes) is 1. The van der Waals surface area contributed by atoms with Crippen molar-refractivity contribution in [2.75, 3.05) is 11.1 Å². The third kappa shape index (κ3) is 5.60. The molecule has 0 radical (unpaired) electrons. The van der Waals surface area contributed by atoms with Crippen LogP contribution in [0.1, 0.15) is 25.3 Å². The molecular formula is C25H22ClF3N4O2S. The van der Waals surface area contributed by atoms with Gasteiger partial charge in [0.2, 0.25) is 5.91 Å². The van der Waals surface area contributed by atoms with Gasteiger partial charge in [-0.1, -0.05) is 67.0 Å². The SMILES string of the molecule is CCCCn1c(SCC(=O)Nc2ccc(Cl)cc2C(F)(F)F)nc2c(-c3ccccc3)c[nH]c2c1=O. The van der Waals surface area contributed by atoms with Crippen molar-refractivity contribution < 1.29 is 18.0 Å². The summed E-state index contributed by atoms with van der Waals surface area (Å²) in [5.74, 6) is -0.906. The first-order chi connectivity index (χ1) is 17.2. The second kappa shape index (κ2) is 10.8. The van der Waals surface area contributed by atoms with Gasteiger partial charge in [-0.3, -0.25) is 14.2 Å². The number of halogens is 4. The van der Waals surface area contributed by atoms with E-state index in [2.05, 4.69) is 15.3 Å². The van der Waals surface area contributed by atoms with Crippen molar-refractivity contribution in [3.63, 3.8) is 0 Å². The summed E-state index contributed by atoms with van der Waals surface area (Å²) in [6, 6.07) is 12.6. The van der Waals surface area contributed by atoms with Crippen molar-refractivity contribution in [3.05, 3.63) is 75.7 Å². The number of alkyl halides is 3. The number of benzene rings is 2. The molecule has 1 amide bonds. The molecule has 0 aliphatic heterocycles. The van der Waals surface area contributed by atoms with E-state index in [1.165, 1.54) is 10.6 Å². The Balaban J connectivity index is 1.64. The monoisotopic (exact) mass is 534 g/mol. The number of aromatic amines is 1. The summed E-state index contributed by atoms with van der Waals surface area (Å²) < 4.78 is 41.6. The second-order valence-corrected chi connectivity index (χ2v) is 9.40. The first-order valence-electron chi connectivity index (χ1n) is 11.2. The Morgan fingerprint density at radius 1 is 1.19 bits per heavy atom. The molecule has 0 fully saturated rings. The van der Waals surface area contributed by atoms with Gasteiger partial charge in [0.05, 0.1) is 17.0 Å². The molecule has 2 N–H and O–H groups in total. The van der Waals surface area contributed by atoms with Gasteiger partial charge in [0.15, 0.2) is 5.16 Å². The van der Waals surface area contributed by atoms with Gasteiger partial charge in [-0.25, -0.2) is 4.98 Å². The highest BCUT2D eigenvalue weighted by molar-refractivity contribution is 7.99. The Bertz CT molecular complexity index is 1450. The topological polar surface area (TPSA) is 79.8 Å². The zero-order valence-electron chi connectivity index (χ0n) is 19.2. The molecule has 2 heterocycles. The molecule has 0 bridgehead atoms. The lowest BCUT2D eigenvalue weighted by Gasteiger charge is -2.15. The van der Waals surface area contributed by atoms with Crippen molar-refractivity contribution in [2.24, 2.45) is 0 Å². The molecule has 0 unspecified atom stereocenters. The number of amides is 1. The number of fused-ring (bicyclic) bond motifs is 1. The smallest absolute Gasteiger partial charge is 0.355 e. The summed E-state index contributed by atoms with van der Waals surface area (Å²) in [7, 11) is 0. The fourth-order valence-electron chi connectivity index (χ4n) is 3.71. The molecule has 6 nitrogen and oxygen atoms in total. The quantitative estimate of drug-likeness (QED) is 0.197. The van der Waals surface area contributed by atoms with Gasteiger partial charge in [-0.15, -0.1) is 0 Å². The van der Waals surface area contributed by atoms with Crippen LogP contribution in [0, 0.1) is 0 Å². The molecule has 2 aromatic carbocycles. The van der Waals surface area contributed by atoms with Crippen LogP contribution in [0.4, 0.5) is 18.9 Å². The molecule has 0 aliphatic rings. The first-order valence-corrected chi connectivity index (χ1v) is 12.5. The van der Waals surface area contributed by atoms with Gasteiger partial charge in [-0.05, 0) is 30.2 Å². The van der Waals surface area contributed by atoms with E-state index < -0.39 is 17.6 Å². The summed E-state index contributed by atoms with van der Waals surface area (Å²) in [5, 5.41) is 2.53. The molecule has 2 aromatic heterocycles. The van der Waals surface area contributed by atoms with E-state index in [9.17, 15) is 22.8 Å². The maximum absolute atomic E-state index is 13.4. The van der Waals surface area contributed by atoms with Crippen LogP contribution in [0.2, 0.25) is 5.02 Å². The van der Waals surface area contributed by atoms with Gasteiger partial charge in [0.25, 0.3) is 5.56 Å². The minimum absolute atomic E-state index is 0.0899. The highest BCUT2D eigenvalue weighted by atomic mass is 35.5. The lowest BCUT2D eigenvalue weighted by Crippen LogP contribution is -2.24. The summed E-state index contributed by atoms with van der Waals surface area (Å²) in [5.41, 5.74) is 0.754. The number of nitrogens with zero attached hydrogens (tertiary/aromatic N) is 2. The first kappa shape index (κ1) is 25.8. The van der Waals surface area contributed by atoms with E-state index in [4.69, 9.17) is 11.6 Å². The molecular weight excluding hydrogens is 513 g/mol. The van der Waals surface area contributed by atoms with Crippen molar-refractivity contribution in [3.8, 4) is 11.1 Å². The largest absolute Gasteiger partial charge is 0.418 e. The van der Waals surface area contributed by atoms with E-state index >= 15 is 0 Å². The van der Waals surface area contributed by atoms with Crippen LogP contribution in [0.25, 0.3) is 22.2 Å². The van der Waals surface area contributed by atoms with E-state index in [-0.39, 0.29) is 22.0 Å². The van der Waals surface area contributed by atoms with Crippen LogP contribution in [-0.2, 0) is 17.5 Å². The van der Waals surface area contributed by atoms with Crippen molar-refractivity contribution in [1.82, 2.24) is 14.5 Å². The number of anilines is 1. The van der Waals surface area contributed by atoms with Gasteiger partial charge in [-0.2, -0.15) is 13.2 Å². The Hall–Kier alpha value is -3.24. The molecule has 11 heteroatoms. The van der Waals surface area contributed by atoms with Gasteiger partial charge >= 0.3 is 6.18 Å². The Morgan fingerprint density at radius 3 is 2.64 bits per heavy atom. The van der Waals surface area contributed by atoms with Gasteiger partial charge < -0.3 is 10.3 Å². The number of hydrogen-bond acceptors (Lipinski definition) is 4. The van der Waals surface area contributed by atoms with Crippen LogP contribution in [0.15, 0.2) is 64.7 Å². The third-order valence-corrected chi connectivity index (χ3v) is 6.68. The summed E-state index contributed by atoms with van der Waals surface area (Å²) in [6.07, 6.45) is -1.40. The molecule has 0 saturated heterocycles. The number of carbonyl (C=O) groups is 1. The minimum atomic E-state index is -4.68.